The molecule has 0 spiro atoms. The predicted octanol–water partition coefficient (Wildman–Crippen LogP) is 0.949. The number of aromatic nitrogens is 3. The van der Waals surface area contributed by atoms with E-state index in [1.807, 2.05) is 25.1 Å². The van der Waals surface area contributed by atoms with Gasteiger partial charge in [-0.05, 0) is 19.1 Å². The zero-order valence-corrected chi connectivity index (χ0v) is 13.0. The maximum absolute atomic E-state index is 12.5. The molecular formula is C16H18N4O3. The molecule has 0 fully saturated rings. The summed E-state index contributed by atoms with van der Waals surface area (Å²) in [6.45, 7) is 2.70. The normalized spacial score (nSPS) is 11.2. The van der Waals surface area contributed by atoms with E-state index in [2.05, 4.69) is 15.4 Å². The second kappa shape index (κ2) is 6.21. The van der Waals surface area contributed by atoms with Crippen molar-refractivity contribution in [2.45, 2.75) is 13.5 Å². The number of aromatic amines is 1. The fourth-order valence-electron chi connectivity index (χ4n) is 2.54. The molecule has 0 unspecified atom stereocenters. The van der Waals surface area contributed by atoms with Gasteiger partial charge in [0, 0.05) is 29.9 Å². The number of nitrogens with one attached hydrogen (secondary N) is 2. The highest BCUT2D eigenvalue weighted by Crippen LogP contribution is 2.23. The van der Waals surface area contributed by atoms with E-state index < -0.39 is 0 Å². The summed E-state index contributed by atoms with van der Waals surface area (Å²) in [6, 6.07) is 5.93. The van der Waals surface area contributed by atoms with Crippen molar-refractivity contribution in [1.82, 2.24) is 20.1 Å². The summed E-state index contributed by atoms with van der Waals surface area (Å²) in [5.74, 6) is -0.275. The molecule has 120 valence electrons. The molecule has 0 atom stereocenters. The Morgan fingerprint density at radius 3 is 3.00 bits per heavy atom. The zero-order chi connectivity index (χ0) is 16.4. The highest BCUT2D eigenvalue weighted by molar-refractivity contribution is 6.06. The van der Waals surface area contributed by atoms with Gasteiger partial charge < -0.3 is 15.0 Å². The number of benzene rings is 1. The van der Waals surface area contributed by atoms with Crippen LogP contribution in [-0.2, 0) is 16.1 Å². The molecule has 0 radical (unpaired) electrons. The van der Waals surface area contributed by atoms with Crippen LogP contribution in [0.4, 0.5) is 0 Å². The smallest absolute Gasteiger partial charge is 0.291 e. The van der Waals surface area contributed by atoms with E-state index >= 15 is 0 Å². The first kappa shape index (κ1) is 15.2. The molecule has 23 heavy (non-hydrogen) atoms. The maximum Gasteiger partial charge on any atom is 0.291 e. The lowest BCUT2D eigenvalue weighted by Gasteiger charge is -2.06. The zero-order valence-electron chi connectivity index (χ0n) is 13.0. The molecular weight excluding hydrogens is 296 g/mol. The lowest BCUT2D eigenvalue weighted by molar-refractivity contribution is -0.122. The SMILES string of the molecule is COCCNC(=O)Cn1ncc2c([nH]c3ccc(C)cc32)c1=O. The fraction of sp³-hybridized carbons (Fsp3) is 0.312. The van der Waals surface area contributed by atoms with E-state index in [4.69, 9.17) is 4.74 Å². The lowest BCUT2D eigenvalue weighted by atomic mass is 10.1. The van der Waals surface area contributed by atoms with Crippen LogP contribution < -0.4 is 10.9 Å². The number of hydrogen-bond acceptors (Lipinski definition) is 4. The van der Waals surface area contributed by atoms with Crippen molar-refractivity contribution < 1.29 is 9.53 Å². The number of aryl methyl sites for hydroxylation is 1. The number of hydrogen-bond donors (Lipinski definition) is 2. The van der Waals surface area contributed by atoms with Gasteiger partial charge in [-0.25, -0.2) is 4.68 Å². The Hall–Kier alpha value is -2.67. The number of methoxy groups -OCH3 is 1. The fourth-order valence-corrected chi connectivity index (χ4v) is 2.54. The standard InChI is InChI=1S/C16H18N4O3/c1-10-3-4-13-11(7-10)12-8-18-20(16(22)15(12)19-13)9-14(21)17-5-6-23-2/h3-4,7-8,19H,5-6,9H2,1-2H3,(H,17,21). The Bertz CT molecular complexity index is 926. The van der Waals surface area contributed by atoms with E-state index in [0.29, 0.717) is 18.7 Å². The summed E-state index contributed by atoms with van der Waals surface area (Å²) < 4.78 is 6.02. The number of nitrogens with zero attached hydrogens (tertiary/aromatic N) is 2. The number of rotatable bonds is 5. The van der Waals surface area contributed by atoms with Crippen LogP contribution >= 0.6 is 0 Å². The molecule has 7 heteroatoms. The van der Waals surface area contributed by atoms with Crippen LogP contribution in [0.2, 0.25) is 0 Å². The largest absolute Gasteiger partial charge is 0.383 e. The minimum Gasteiger partial charge on any atom is -0.383 e. The molecule has 0 saturated carbocycles. The van der Waals surface area contributed by atoms with Crippen molar-refractivity contribution in [2.24, 2.45) is 0 Å². The number of amides is 1. The molecule has 0 aliphatic rings. The lowest BCUT2D eigenvalue weighted by Crippen LogP contribution is -2.35. The van der Waals surface area contributed by atoms with E-state index in [9.17, 15) is 9.59 Å². The van der Waals surface area contributed by atoms with Gasteiger partial charge in [-0.1, -0.05) is 11.6 Å². The van der Waals surface area contributed by atoms with Gasteiger partial charge in [-0.3, -0.25) is 9.59 Å². The monoisotopic (exact) mass is 314 g/mol. The van der Waals surface area contributed by atoms with Crippen LogP contribution in [0.1, 0.15) is 5.56 Å². The Labute approximate surface area is 132 Å². The average Bonchev–Trinajstić information content (AvgIpc) is 2.89. The summed E-state index contributed by atoms with van der Waals surface area (Å²) in [5, 5.41) is 8.51. The number of fused-ring (bicyclic) bond motifs is 3. The van der Waals surface area contributed by atoms with Crippen LogP contribution in [0, 0.1) is 6.92 Å². The van der Waals surface area contributed by atoms with E-state index in [0.717, 1.165) is 26.5 Å². The first-order chi connectivity index (χ1) is 11.1. The number of carbonyl (C=O) groups is 1. The van der Waals surface area contributed by atoms with Crippen molar-refractivity contribution in [2.75, 3.05) is 20.3 Å². The quantitative estimate of drug-likeness (QED) is 0.686. The van der Waals surface area contributed by atoms with Crippen molar-refractivity contribution in [1.29, 1.82) is 0 Å². The van der Waals surface area contributed by atoms with Crippen LogP contribution in [0.25, 0.3) is 21.8 Å². The molecule has 2 heterocycles. The Balaban J connectivity index is 1.94. The Kier molecular flexibility index (Phi) is 4.12. The van der Waals surface area contributed by atoms with Gasteiger partial charge in [0.05, 0.1) is 12.8 Å². The van der Waals surface area contributed by atoms with Crippen molar-refractivity contribution >= 4 is 27.7 Å². The van der Waals surface area contributed by atoms with Crippen LogP contribution in [0.5, 0.6) is 0 Å². The molecule has 0 aliphatic carbocycles. The maximum atomic E-state index is 12.5. The number of carbonyl (C=O) groups excluding carboxylic acids is 1. The van der Waals surface area contributed by atoms with Gasteiger partial charge in [-0.15, -0.1) is 0 Å². The van der Waals surface area contributed by atoms with Crippen molar-refractivity contribution in [3.05, 3.63) is 40.3 Å². The minimum absolute atomic E-state index is 0.118. The van der Waals surface area contributed by atoms with Crippen molar-refractivity contribution in [3.8, 4) is 0 Å². The van der Waals surface area contributed by atoms with Crippen molar-refractivity contribution in [3.63, 3.8) is 0 Å². The Morgan fingerprint density at radius 1 is 1.39 bits per heavy atom. The molecule has 2 N–H and O–H groups in total. The van der Waals surface area contributed by atoms with Gasteiger partial charge in [0.25, 0.3) is 5.56 Å². The summed E-state index contributed by atoms with van der Waals surface area (Å²) >= 11 is 0. The van der Waals surface area contributed by atoms with E-state index in [1.54, 1.807) is 13.3 Å². The van der Waals surface area contributed by atoms with Gasteiger partial charge >= 0.3 is 0 Å². The van der Waals surface area contributed by atoms with Crippen LogP contribution in [0.15, 0.2) is 29.2 Å². The second-order valence-corrected chi connectivity index (χ2v) is 5.41. The topological polar surface area (TPSA) is 89.0 Å². The molecule has 2 aromatic heterocycles. The third kappa shape index (κ3) is 2.95. The minimum atomic E-state index is -0.307. The number of ether oxygens (including phenoxy) is 1. The molecule has 0 aliphatic heterocycles. The highest BCUT2D eigenvalue weighted by atomic mass is 16.5. The van der Waals surface area contributed by atoms with Gasteiger partial charge in [0.2, 0.25) is 5.91 Å². The molecule has 0 saturated heterocycles. The van der Waals surface area contributed by atoms with Gasteiger partial charge in [0.1, 0.15) is 12.1 Å². The van der Waals surface area contributed by atoms with Crippen LogP contribution in [0.3, 0.4) is 0 Å². The average molecular weight is 314 g/mol. The second-order valence-electron chi connectivity index (χ2n) is 5.41. The first-order valence-corrected chi connectivity index (χ1v) is 7.34. The summed E-state index contributed by atoms with van der Waals surface area (Å²) in [6.07, 6.45) is 1.62. The first-order valence-electron chi connectivity index (χ1n) is 7.34. The highest BCUT2D eigenvalue weighted by Gasteiger charge is 2.12. The third-order valence-corrected chi connectivity index (χ3v) is 3.69. The molecule has 0 bridgehead atoms. The molecule has 3 rings (SSSR count). The molecule has 1 aromatic carbocycles. The molecule has 3 aromatic rings. The summed E-state index contributed by atoms with van der Waals surface area (Å²) in [7, 11) is 1.56. The van der Waals surface area contributed by atoms with E-state index in [1.165, 1.54) is 0 Å². The Morgan fingerprint density at radius 2 is 2.22 bits per heavy atom. The van der Waals surface area contributed by atoms with Gasteiger partial charge in [-0.2, -0.15) is 5.10 Å². The molecule has 1 amide bonds. The number of H-pyrrole nitrogens is 1. The van der Waals surface area contributed by atoms with Crippen LogP contribution in [-0.4, -0.2) is 40.9 Å². The summed E-state index contributed by atoms with van der Waals surface area (Å²) in [5.41, 5.74) is 2.15. The predicted molar refractivity (Wildman–Crippen MR) is 87.5 cm³/mol. The molecule has 7 nitrogen and oxygen atoms in total. The van der Waals surface area contributed by atoms with E-state index in [-0.39, 0.29) is 18.0 Å². The van der Waals surface area contributed by atoms with Gasteiger partial charge in [0.15, 0.2) is 0 Å². The third-order valence-electron chi connectivity index (χ3n) is 3.69. The summed E-state index contributed by atoms with van der Waals surface area (Å²) in [4.78, 5) is 27.4.